The average Bonchev–Trinajstić information content (AvgIpc) is 2.45. The molecule has 120 valence electrons. The van der Waals surface area contributed by atoms with Gasteiger partial charge in [-0.05, 0) is 37.5 Å². The van der Waals surface area contributed by atoms with Gasteiger partial charge in [-0.3, -0.25) is 4.90 Å². The molecule has 1 atom stereocenters. The number of aliphatic hydroxyl groups excluding tert-OH is 1. The number of hydrogen-bond donors (Lipinski definition) is 2. The summed E-state index contributed by atoms with van der Waals surface area (Å²) in [6.07, 6.45) is 1.48. The van der Waals surface area contributed by atoms with Gasteiger partial charge >= 0.3 is 0 Å². The Morgan fingerprint density at radius 3 is 2.67 bits per heavy atom. The highest BCUT2D eigenvalue weighted by Gasteiger charge is 2.25. The van der Waals surface area contributed by atoms with Crippen LogP contribution in [0.25, 0.3) is 0 Å². The fourth-order valence-corrected chi connectivity index (χ4v) is 3.40. The molecule has 0 saturated carbocycles. The van der Waals surface area contributed by atoms with Gasteiger partial charge in [0.05, 0.1) is 0 Å². The molecule has 2 N–H and O–H groups in total. The molecule has 3 nitrogen and oxygen atoms in total. The topological polar surface area (TPSA) is 35.5 Å². The van der Waals surface area contributed by atoms with Crippen molar-refractivity contribution in [3.05, 3.63) is 33.5 Å². The molecule has 1 saturated heterocycles. The number of halogens is 3. The van der Waals surface area contributed by atoms with Crippen LogP contribution in [0.1, 0.15) is 30.0 Å². The summed E-state index contributed by atoms with van der Waals surface area (Å²) >= 11 is 3.46. The summed E-state index contributed by atoms with van der Waals surface area (Å²) in [7, 11) is 0. The Bertz CT molecular complexity index is 456. The molecule has 2 rings (SSSR count). The van der Waals surface area contributed by atoms with Gasteiger partial charge in [-0.1, -0.05) is 15.9 Å². The third-order valence-corrected chi connectivity index (χ3v) is 4.29. The van der Waals surface area contributed by atoms with E-state index in [0.717, 1.165) is 42.6 Å². The van der Waals surface area contributed by atoms with Crippen LogP contribution in [0, 0.1) is 12.7 Å². The van der Waals surface area contributed by atoms with E-state index in [1.165, 1.54) is 0 Å². The summed E-state index contributed by atoms with van der Waals surface area (Å²) in [5, 5.41) is 12.4. The monoisotopic (exact) mass is 380 g/mol. The minimum atomic E-state index is -0.116. The minimum Gasteiger partial charge on any atom is -0.396 e. The van der Waals surface area contributed by atoms with Crippen molar-refractivity contribution >= 4 is 28.3 Å². The summed E-state index contributed by atoms with van der Waals surface area (Å²) in [5.41, 5.74) is 1.41. The van der Waals surface area contributed by atoms with E-state index in [4.69, 9.17) is 5.11 Å². The normalized spacial score (nSPS) is 17.3. The number of aliphatic hydroxyl groups is 1. The van der Waals surface area contributed by atoms with Gasteiger partial charge < -0.3 is 10.4 Å². The standard InChI is InChI=1S/C15H22BrFN2O.ClH/c1-11-9-12(16)10-13(15(11)17)14(3-2-8-20)19-6-4-18-5-7-19;/h9-10,14,18,20H,2-8H2,1H3;1H/t14-;/m1./s1. The second-order valence-electron chi connectivity index (χ2n) is 5.29. The van der Waals surface area contributed by atoms with Crippen LogP contribution in [0.15, 0.2) is 16.6 Å². The van der Waals surface area contributed by atoms with Crippen LogP contribution in [0.3, 0.4) is 0 Å². The van der Waals surface area contributed by atoms with Crippen molar-refractivity contribution in [2.45, 2.75) is 25.8 Å². The Morgan fingerprint density at radius 1 is 1.38 bits per heavy atom. The van der Waals surface area contributed by atoms with Crippen LogP contribution in [0.2, 0.25) is 0 Å². The summed E-state index contributed by atoms with van der Waals surface area (Å²) in [5.74, 6) is -0.116. The lowest BCUT2D eigenvalue weighted by atomic mass is 9.97. The maximum Gasteiger partial charge on any atom is 0.130 e. The molecule has 1 aliphatic heterocycles. The maximum atomic E-state index is 14.5. The first kappa shape index (κ1) is 18.8. The Balaban J connectivity index is 0.00000220. The van der Waals surface area contributed by atoms with E-state index in [2.05, 4.69) is 26.1 Å². The zero-order valence-corrected chi connectivity index (χ0v) is 14.6. The SMILES string of the molecule is Cc1cc(Br)cc([C@@H](CCCO)N2CCNCC2)c1F.Cl. The van der Waals surface area contributed by atoms with Crippen LogP contribution >= 0.6 is 28.3 Å². The number of hydrogen-bond acceptors (Lipinski definition) is 3. The quantitative estimate of drug-likeness (QED) is 0.823. The number of aryl methyl sites for hydroxylation is 1. The molecule has 0 spiro atoms. The van der Waals surface area contributed by atoms with Gasteiger partial charge in [0.25, 0.3) is 0 Å². The van der Waals surface area contributed by atoms with Gasteiger partial charge in [-0.15, -0.1) is 12.4 Å². The molecule has 6 heteroatoms. The zero-order valence-electron chi connectivity index (χ0n) is 12.2. The number of piperazine rings is 1. The van der Waals surface area contributed by atoms with Gasteiger partial charge in [0, 0.05) is 48.9 Å². The van der Waals surface area contributed by atoms with Crippen molar-refractivity contribution in [3.63, 3.8) is 0 Å². The van der Waals surface area contributed by atoms with Crippen molar-refractivity contribution in [2.75, 3.05) is 32.8 Å². The summed E-state index contributed by atoms with van der Waals surface area (Å²) in [6.45, 7) is 5.65. The average molecular weight is 382 g/mol. The first-order chi connectivity index (χ1) is 9.63. The van der Waals surface area contributed by atoms with E-state index in [1.54, 1.807) is 13.0 Å². The molecule has 1 aromatic rings. The van der Waals surface area contributed by atoms with Crippen molar-refractivity contribution < 1.29 is 9.50 Å². The van der Waals surface area contributed by atoms with E-state index < -0.39 is 0 Å². The molecule has 21 heavy (non-hydrogen) atoms. The van der Waals surface area contributed by atoms with Gasteiger partial charge in [0.1, 0.15) is 5.82 Å². The first-order valence-electron chi connectivity index (χ1n) is 7.14. The van der Waals surface area contributed by atoms with Crippen LogP contribution in [0.4, 0.5) is 4.39 Å². The van der Waals surface area contributed by atoms with Crippen LogP contribution in [-0.2, 0) is 0 Å². The van der Waals surface area contributed by atoms with Crippen molar-refractivity contribution in [3.8, 4) is 0 Å². The minimum absolute atomic E-state index is 0. The lowest BCUT2D eigenvalue weighted by Gasteiger charge is -2.35. The van der Waals surface area contributed by atoms with E-state index in [-0.39, 0.29) is 30.9 Å². The molecule has 0 unspecified atom stereocenters. The summed E-state index contributed by atoms with van der Waals surface area (Å²) < 4.78 is 15.4. The molecule has 0 bridgehead atoms. The number of nitrogens with zero attached hydrogens (tertiary/aromatic N) is 1. The molecule has 0 aliphatic carbocycles. The second kappa shape index (κ2) is 9.06. The molecule has 1 heterocycles. The Labute approximate surface area is 140 Å². The molecule has 0 radical (unpaired) electrons. The van der Waals surface area contributed by atoms with Crippen LogP contribution in [-0.4, -0.2) is 42.8 Å². The largest absolute Gasteiger partial charge is 0.396 e. The van der Waals surface area contributed by atoms with Crippen molar-refractivity contribution in [2.24, 2.45) is 0 Å². The van der Waals surface area contributed by atoms with E-state index >= 15 is 0 Å². The number of nitrogens with one attached hydrogen (secondary N) is 1. The fourth-order valence-electron chi connectivity index (χ4n) is 2.81. The number of rotatable bonds is 5. The second-order valence-corrected chi connectivity index (χ2v) is 6.21. The van der Waals surface area contributed by atoms with Gasteiger partial charge in [0.2, 0.25) is 0 Å². The first-order valence-corrected chi connectivity index (χ1v) is 7.94. The molecule has 0 amide bonds. The van der Waals surface area contributed by atoms with Gasteiger partial charge in [0.15, 0.2) is 0 Å². The lowest BCUT2D eigenvalue weighted by molar-refractivity contribution is 0.151. The Morgan fingerprint density at radius 2 is 2.05 bits per heavy atom. The summed E-state index contributed by atoms with van der Waals surface area (Å²) in [4.78, 5) is 2.32. The molecule has 1 aliphatic rings. The fraction of sp³-hybridized carbons (Fsp3) is 0.600. The highest BCUT2D eigenvalue weighted by atomic mass is 79.9. The molecule has 1 aromatic carbocycles. The molecule has 1 fully saturated rings. The number of benzene rings is 1. The van der Waals surface area contributed by atoms with Gasteiger partial charge in [-0.25, -0.2) is 4.39 Å². The van der Waals surface area contributed by atoms with E-state index in [9.17, 15) is 4.39 Å². The highest BCUT2D eigenvalue weighted by Crippen LogP contribution is 2.31. The third-order valence-electron chi connectivity index (χ3n) is 3.83. The van der Waals surface area contributed by atoms with Gasteiger partial charge in [-0.2, -0.15) is 0 Å². The van der Waals surface area contributed by atoms with E-state index in [0.29, 0.717) is 12.0 Å². The molecular weight excluding hydrogens is 359 g/mol. The Kier molecular flexibility index (Phi) is 8.13. The zero-order chi connectivity index (χ0) is 14.5. The van der Waals surface area contributed by atoms with Crippen molar-refractivity contribution in [1.29, 1.82) is 0 Å². The Hall–Kier alpha value is -0.200. The highest BCUT2D eigenvalue weighted by molar-refractivity contribution is 9.10. The van der Waals surface area contributed by atoms with Crippen LogP contribution in [0.5, 0.6) is 0 Å². The maximum absolute atomic E-state index is 14.5. The lowest BCUT2D eigenvalue weighted by Crippen LogP contribution is -2.45. The third kappa shape index (κ3) is 4.89. The molecule has 0 aromatic heterocycles. The van der Waals surface area contributed by atoms with E-state index in [1.807, 2.05) is 6.07 Å². The predicted molar refractivity (Wildman–Crippen MR) is 89.6 cm³/mol. The summed E-state index contributed by atoms with van der Waals surface area (Å²) in [6, 6.07) is 3.73. The van der Waals surface area contributed by atoms with Crippen LogP contribution < -0.4 is 5.32 Å². The molecular formula is C15H23BrClFN2O. The smallest absolute Gasteiger partial charge is 0.130 e. The van der Waals surface area contributed by atoms with Crippen molar-refractivity contribution in [1.82, 2.24) is 10.2 Å². The predicted octanol–water partition coefficient (Wildman–Crippen LogP) is 3.04.